The van der Waals surface area contributed by atoms with Crippen molar-refractivity contribution in [1.29, 1.82) is 0 Å². The summed E-state index contributed by atoms with van der Waals surface area (Å²) in [5.41, 5.74) is -7.80. The molecule has 0 spiro atoms. The van der Waals surface area contributed by atoms with Crippen LogP contribution in [-0.2, 0) is 20.6 Å². The zero-order valence-electron chi connectivity index (χ0n) is 14.1. The number of imide groups is 1. The lowest BCUT2D eigenvalue weighted by Crippen LogP contribution is -2.37. The summed E-state index contributed by atoms with van der Waals surface area (Å²) in [7, 11) is -6.28. The second-order valence-corrected chi connectivity index (χ2v) is 7.23. The Morgan fingerprint density at radius 3 is 1.83 bits per heavy atom. The predicted molar refractivity (Wildman–Crippen MR) is 84.5 cm³/mol. The third-order valence-electron chi connectivity index (χ3n) is 3.69. The normalized spacial score (nSPS) is 14.8. The maximum atomic E-state index is 12.6. The first kappa shape index (κ1) is 21.6. The number of carbonyl (C=O) groups excluding carboxylic acids is 2. The highest BCUT2D eigenvalue weighted by Crippen LogP contribution is 2.34. The Morgan fingerprint density at radius 2 is 1.30 bits per heavy atom. The fraction of sp³-hybridized carbons (Fsp3) is 0.125. The highest BCUT2D eigenvalue weighted by molar-refractivity contribution is 7.87. The molecule has 2 aromatic rings. The Labute approximate surface area is 163 Å². The summed E-state index contributed by atoms with van der Waals surface area (Å²) < 4.78 is 106. The van der Waals surface area contributed by atoms with E-state index in [1.54, 1.807) is 0 Å². The number of hydrogen-bond acceptors (Lipinski definition) is 6. The molecule has 0 unspecified atom stereocenters. The second kappa shape index (κ2) is 6.98. The SMILES string of the molecule is O=C1c2ccc(Oc3ccc(C(F)(F)F)cc3)cc2C(=O)N1OS(=O)(=O)C(F)(F)F. The molecule has 0 N–H and O–H groups in total. The van der Waals surface area contributed by atoms with Gasteiger partial charge in [0, 0.05) is 0 Å². The Hall–Kier alpha value is -3.13. The van der Waals surface area contributed by atoms with Gasteiger partial charge in [-0.2, -0.15) is 34.8 Å². The molecule has 1 aliphatic heterocycles. The molecule has 160 valence electrons. The van der Waals surface area contributed by atoms with Crippen LogP contribution in [0.3, 0.4) is 0 Å². The number of ether oxygens (including phenoxy) is 1. The van der Waals surface area contributed by atoms with Crippen LogP contribution in [0.1, 0.15) is 26.3 Å². The van der Waals surface area contributed by atoms with Crippen molar-refractivity contribution in [2.45, 2.75) is 11.7 Å². The van der Waals surface area contributed by atoms with Gasteiger partial charge < -0.3 is 4.74 Å². The van der Waals surface area contributed by atoms with E-state index < -0.39 is 55.4 Å². The lowest BCUT2D eigenvalue weighted by Gasteiger charge is -2.14. The lowest BCUT2D eigenvalue weighted by molar-refractivity contribution is -0.137. The van der Waals surface area contributed by atoms with Crippen molar-refractivity contribution in [1.82, 2.24) is 5.06 Å². The van der Waals surface area contributed by atoms with Gasteiger partial charge in [-0.15, -0.1) is 9.35 Å². The van der Waals surface area contributed by atoms with E-state index in [0.29, 0.717) is 0 Å². The standard InChI is InChI=1S/C16H7F6NO6S/c17-15(18,19)8-1-3-9(4-2-8)28-10-5-6-11-12(7-10)14(25)23(13(11)24)29-30(26,27)16(20,21)22/h1-7H. The summed E-state index contributed by atoms with van der Waals surface area (Å²) >= 11 is 0. The average Bonchev–Trinajstić information content (AvgIpc) is 2.85. The van der Waals surface area contributed by atoms with Gasteiger partial charge in [0.05, 0.1) is 16.7 Å². The van der Waals surface area contributed by atoms with E-state index in [0.717, 1.165) is 42.5 Å². The Balaban J connectivity index is 1.83. The van der Waals surface area contributed by atoms with E-state index in [1.165, 1.54) is 0 Å². The van der Waals surface area contributed by atoms with E-state index in [1.807, 2.05) is 0 Å². The van der Waals surface area contributed by atoms with Crippen molar-refractivity contribution in [2.24, 2.45) is 0 Å². The van der Waals surface area contributed by atoms with Crippen molar-refractivity contribution in [2.75, 3.05) is 0 Å². The number of hydrogen-bond donors (Lipinski definition) is 0. The Morgan fingerprint density at radius 1 is 0.767 bits per heavy atom. The van der Waals surface area contributed by atoms with Crippen molar-refractivity contribution in [3.05, 3.63) is 59.2 Å². The molecule has 2 amide bonds. The van der Waals surface area contributed by atoms with E-state index >= 15 is 0 Å². The van der Waals surface area contributed by atoms with E-state index in [4.69, 9.17) is 4.74 Å². The molecule has 1 aliphatic rings. The Bertz CT molecular complexity index is 1120. The fourth-order valence-electron chi connectivity index (χ4n) is 2.32. The highest BCUT2D eigenvalue weighted by atomic mass is 32.2. The molecule has 30 heavy (non-hydrogen) atoms. The van der Waals surface area contributed by atoms with Crippen molar-refractivity contribution >= 4 is 21.9 Å². The summed E-state index contributed by atoms with van der Waals surface area (Å²) in [6.45, 7) is 0. The topological polar surface area (TPSA) is 90.0 Å². The van der Waals surface area contributed by atoms with Gasteiger partial charge in [0.25, 0.3) is 11.8 Å². The molecule has 0 radical (unpaired) electrons. The van der Waals surface area contributed by atoms with Crippen molar-refractivity contribution < 1.29 is 53.4 Å². The molecular weight excluding hydrogens is 448 g/mol. The monoisotopic (exact) mass is 455 g/mol. The lowest BCUT2D eigenvalue weighted by atomic mass is 10.1. The molecule has 3 rings (SSSR count). The number of rotatable bonds is 4. The van der Waals surface area contributed by atoms with Gasteiger partial charge in [-0.05, 0) is 42.5 Å². The molecule has 1 heterocycles. The molecule has 7 nitrogen and oxygen atoms in total. The smallest absolute Gasteiger partial charge is 0.457 e. The number of alkyl halides is 6. The Kier molecular flexibility index (Phi) is 5.02. The van der Waals surface area contributed by atoms with Crippen LogP contribution in [0.25, 0.3) is 0 Å². The number of carbonyl (C=O) groups is 2. The molecular formula is C16H7F6NO6S. The fourth-order valence-corrected chi connectivity index (χ4v) is 2.73. The van der Waals surface area contributed by atoms with Gasteiger partial charge in [-0.3, -0.25) is 9.59 Å². The summed E-state index contributed by atoms with van der Waals surface area (Å²) in [6, 6.07) is 6.38. The minimum atomic E-state index is -6.28. The maximum Gasteiger partial charge on any atom is 0.525 e. The summed E-state index contributed by atoms with van der Waals surface area (Å²) in [4.78, 5) is 24.2. The van der Waals surface area contributed by atoms with Crippen LogP contribution in [0.15, 0.2) is 42.5 Å². The summed E-state index contributed by atoms with van der Waals surface area (Å²) in [5, 5.41) is -0.560. The minimum absolute atomic E-state index is 0.0764. The third-order valence-corrected chi connectivity index (χ3v) is 4.61. The molecule has 14 heteroatoms. The zero-order chi connectivity index (χ0) is 22.5. The van der Waals surface area contributed by atoms with E-state index in [2.05, 4.69) is 4.28 Å². The van der Waals surface area contributed by atoms with Crippen molar-refractivity contribution in [3.8, 4) is 11.5 Å². The van der Waals surface area contributed by atoms with Gasteiger partial charge in [0.2, 0.25) is 0 Å². The van der Waals surface area contributed by atoms with E-state index in [9.17, 15) is 44.3 Å². The number of halogens is 6. The molecule has 2 aromatic carbocycles. The summed E-state index contributed by atoms with van der Waals surface area (Å²) in [6.07, 6.45) is -4.57. The van der Waals surface area contributed by atoms with Crippen molar-refractivity contribution in [3.63, 3.8) is 0 Å². The molecule has 0 atom stereocenters. The average molecular weight is 455 g/mol. The number of benzene rings is 2. The van der Waals surface area contributed by atoms with Gasteiger partial charge in [-0.1, -0.05) is 0 Å². The van der Waals surface area contributed by atoms with Gasteiger partial charge in [0.1, 0.15) is 11.5 Å². The number of amides is 2. The van der Waals surface area contributed by atoms with Crippen LogP contribution < -0.4 is 4.74 Å². The van der Waals surface area contributed by atoms with Crippen LogP contribution in [0.5, 0.6) is 11.5 Å². The molecule has 0 aliphatic carbocycles. The minimum Gasteiger partial charge on any atom is -0.457 e. The quantitative estimate of drug-likeness (QED) is 0.395. The third kappa shape index (κ3) is 3.95. The largest absolute Gasteiger partial charge is 0.525 e. The number of fused-ring (bicyclic) bond motifs is 1. The first-order valence-electron chi connectivity index (χ1n) is 7.59. The van der Waals surface area contributed by atoms with Gasteiger partial charge in [-0.25, -0.2) is 0 Å². The number of nitrogens with zero attached hydrogens (tertiary/aromatic N) is 1. The molecule has 0 saturated heterocycles. The van der Waals surface area contributed by atoms with Gasteiger partial charge in [0.15, 0.2) is 0 Å². The van der Waals surface area contributed by atoms with Crippen LogP contribution in [0, 0.1) is 0 Å². The van der Waals surface area contributed by atoms with Crippen LogP contribution in [0.2, 0.25) is 0 Å². The maximum absolute atomic E-state index is 12.6. The van der Waals surface area contributed by atoms with Crippen LogP contribution in [0.4, 0.5) is 26.3 Å². The van der Waals surface area contributed by atoms with Crippen LogP contribution >= 0.6 is 0 Å². The molecule has 0 aromatic heterocycles. The highest BCUT2D eigenvalue weighted by Gasteiger charge is 2.52. The second-order valence-electron chi connectivity index (χ2n) is 5.71. The number of hydroxylamine groups is 2. The summed E-state index contributed by atoms with van der Waals surface area (Å²) in [5.74, 6) is -3.19. The van der Waals surface area contributed by atoms with E-state index in [-0.39, 0.29) is 11.5 Å². The first-order valence-corrected chi connectivity index (χ1v) is 9.00. The molecule has 0 fully saturated rings. The first-order chi connectivity index (χ1) is 13.7. The molecule has 0 saturated carbocycles. The zero-order valence-corrected chi connectivity index (χ0v) is 14.9. The van der Waals surface area contributed by atoms with Crippen LogP contribution in [-0.4, -0.2) is 30.8 Å². The predicted octanol–water partition coefficient (Wildman–Crippen LogP) is 3.87. The van der Waals surface area contributed by atoms with Gasteiger partial charge >= 0.3 is 21.8 Å². The molecule has 0 bridgehead atoms.